The molecule has 0 saturated heterocycles. The highest BCUT2D eigenvalue weighted by Gasteiger charge is 2.19. The van der Waals surface area contributed by atoms with Crippen molar-refractivity contribution in [3.8, 4) is 0 Å². The summed E-state index contributed by atoms with van der Waals surface area (Å²) < 4.78 is 18.0. The van der Waals surface area contributed by atoms with Crippen LogP contribution in [0.3, 0.4) is 0 Å². The Balaban J connectivity index is 2.24. The molecule has 0 aliphatic carbocycles. The summed E-state index contributed by atoms with van der Waals surface area (Å²) in [5, 5.41) is 6.38. The van der Waals surface area contributed by atoms with Gasteiger partial charge < -0.3 is 9.84 Å². The van der Waals surface area contributed by atoms with E-state index < -0.39 is 5.82 Å². The quantitative estimate of drug-likeness (QED) is 0.908. The number of hydrogen-bond donors (Lipinski definition) is 1. The van der Waals surface area contributed by atoms with Gasteiger partial charge in [0.25, 0.3) is 5.91 Å². The largest absolute Gasteiger partial charge is 0.360 e. The molecule has 0 fully saturated rings. The van der Waals surface area contributed by atoms with Crippen molar-refractivity contribution in [2.75, 3.05) is 5.32 Å². The summed E-state index contributed by atoms with van der Waals surface area (Å²) in [5.41, 5.74) is 1.35. The van der Waals surface area contributed by atoms with Crippen LogP contribution in [0.5, 0.6) is 0 Å². The van der Waals surface area contributed by atoms with Gasteiger partial charge in [-0.1, -0.05) is 18.1 Å². The zero-order chi connectivity index (χ0) is 13.1. The van der Waals surface area contributed by atoms with Crippen molar-refractivity contribution in [2.24, 2.45) is 0 Å². The second-order valence-corrected chi connectivity index (χ2v) is 3.88. The number of benzene rings is 1. The van der Waals surface area contributed by atoms with Gasteiger partial charge in [-0.05, 0) is 25.1 Å². The van der Waals surface area contributed by atoms with Gasteiger partial charge in [-0.2, -0.15) is 0 Å². The zero-order valence-electron chi connectivity index (χ0n) is 10.2. The lowest BCUT2D eigenvalue weighted by atomic mass is 10.1. The third kappa shape index (κ3) is 2.40. The highest BCUT2D eigenvalue weighted by molar-refractivity contribution is 6.05. The molecule has 0 spiro atoms. The summed E-state index contributed by atoms with van der Waals surface area (Å²) in [6.07, 6.45) is 0.576. The number of aromatic nitrogens is 1. The van der Waals surface area contributed by atoms with Crippen molar-refractivity contribution in [1.29, 1.82) is 0 Å². The van der Waals surface area contributed by atoms with Gasteiger partial charge in [0.2, 0.25) is 0 Å². The third-order valence-electron chi connectivity index (χ3n) is 2.56. The summed E-state index contributed by atoms with van der Waals surface area (Å²) in [7, 11) is 0. The molecule has 94 valence electrons. The van der Waals surface area contributed by atoms with Crippen LogP contribution in [0, 0.1) is 12.7 Å². The van der Waals surface area contributed by atoms with Gasteiger partial charge in [-0.25, -0.2) is 4.39 Å². The number of nitrogens with zero attached hydrogens (tertiary/aromatic N) is 1. The Morgan fingerprint density at radius 2 is 2.28 bits per heavy atom. The van der Waals surface area contributed by atoms with E-state index in [4.69, 9.17) is 4.52 Å². The standard InChI is InChI=1S/C13H13FN2O2/c1-3-11-12(8(2)16-18-11)13(17)15-10-6-4-5-9(14)7-10/h4-7H,3H2,1-2H3,(H,15,17). The Morgan fingerprint density at radius 1 is 1.50 bits per heavy atom. The fourth-order valence-electron chi connectivity index (χ4n) is 1.71. The molecule has 1 amide bonds. The second-order valence-electron chi connectivity index (χ2n) is 3.88. The van der Waals surface area contributed by atoms with Gasteiger partial charge in [0.15, 0.2) is 0 Å². The minimum absolute atomic E-state index is 0.337. The highest BCUT2D eigenvalue weighted by atomic mass is 19.1. The summed E-state index contributed by atoms with van der Waals surface area (Å²) >= 11 is 0. The number of aryl methyl sites for hydroxylation is 2. The molecule has 4 nitrogen and oxygen atoms in total. The minimum Gasteiger partial charge on any atom is -0.360 e. The van der Waals surface area contributed by atoms with Gasteiger partial charge in [-0.15, -0.1) is 0 Å². The van der Waals surface area contributed by atoms with Crippen LogP contribution in [0.25, 0.3) is 0 Å². The lowest BCUT2D eigenvalue weighted by Gasteiger charge is -2.04. The molecule has 0 radical (unpaired) electrons. The van der Waals surface area contributed by atoms with E-state index in [1.54, 1.807) is 13.0 Å². The molecule has 5 heteroatoms. The summed E-state index contributed by atoms with van der Waals surface area (Å²) in [6, 6.07) is 5.73. The van der Waals surface area contributed by atoms with Crippen LogP contribution in [0.4, 0.5) is 10.1 Å². The van der Waals surface area contributed by atoms with E-state index in [1.807, 2.05) is 6.92 Å². The molecular weight excluding hydrogens is 235 g/mol. The van der Waals surface area contributed by atoms with Crippen molar-refractivity contribution >= 4 is 11.6 Å². The number of rotatable bonds is 3. The van der Waals surface area contributed by atoms with E-state index in [9.17, 15) is 9.18 Å². The first-order chi connectivity index (χ1) is 8.61. The van der Waals surface area contributed by atoms with Crippen molar-refractivity contribution in [3.05, 3.63) is 47.1 Å². The number of hydrogen-bond acceptors (Lipinski definition) is 3. The number of amides is 1. The Labute approximate surface area is 104 Å². The maximum absolute atomic E-state index is 13.0. The average Bonchev–Trinajstić information content (AvgIpc) is 2.70. The molecular formula is C13H13FN2O2. The summed E-state index contributed by atoms with van der Waals surface area (Å²) in [4.78, 5) is 12.1. The van der Waals surface area contributed by atoms with Gasteiger partial charge in [0.05, 0.1) is 5.69 Å². The number of halogens is 1. The van der Waals surface area contributed by atoms with Gasteiger partial charge in [0, 0.05) is 12.1 Å². The molecule has 0 saturated carbocycles. The maximum Gasteiger partial charge on any atom is 0.261 e. The number of carbonyl (C=O) groups is 1. The highest BCUT2D eigenvalue weighted by Crippen LogP contribution is 2.17. The molecule has 1 N–H and O–H groups in total. The predicted molar refractivity (Wildman–Crippen MR) is 65.0 cm³/mol. The third-order valence-corrected chi connectivity index (χ3v) is 2.56. The van der Waals surface area contributed by atoms with Crippen LogP contribution in [0.2, 0.25) is 0 Å². The molecule has 0 aliphatic rings. The second kappa shape index (κ2) is 5.00. The smallest absolute Gasteiger partial charge is 0.261 e. The summed E-state index contributed by atoms with van der Waals surface area (Å²) in [5.74, 6) is -0.205. The Hall–Kier alpha value is -2.17. The number of anilines is 1. The van der Waals surface area contributed by atoms with E-state index in [1.165, 1.54) is 18.2 Å². The molecule has 18 heavy (non-hydrogen) atoms. The topological polar surface area (TPSA) is 55.1 Å². The van der Waals surface area contributed by atoms with E-state index in [0.717, 1.165) is 0 Å². The lowest BCUT2D eigenvalue weighted by molar-refractivity contribution is 0.102. The lowest BCUT2D eigenvalue weighted by Crippen LogP contribution is -2.14. The van der Waals surface area contributed by atoms with Crippen LogP contribution in [0.1, 0.15) is 28.7 Å². The van der Waals surface area contributed by atoms with Crippen molar-refractivity contribution in [1.82, 2.24) is 5.16 Å². The predicted octanol–water partition coefficient (Wildman–Crippen LogP) is 2.94. The normalized spacial score (nSPS) is 10.4. The molecule has 0 unspecified atom stereocenters. The molecule has 0 bridgehead atoms. The van der Waals surface area contributed by atoms with Gasteiger partial charge in [-0.3, -0.25) is 4.79 Å². The van der Waals surface area contributed by atoms with Crippen LogP contribution >= 0.6 is 0 Å². The van der Waals surface area contributed by atoms with E-state index in [2.05, 4.69) is 10.5 Å². The van der Waals surface area contributed by atoms with Gasteiger partial charge in [0.1, 0.15) is 17.1 Å². The molecule has 1 aromatic carbocycles. The van der Waals surface area contributed by atoms with Crippen LogP contribution in [-0.2, 0) is 6.42 Å². The maximum atomic E-state index is 13.0. The Morgan fingerprint density at radius 3 is 2.94 bits per heavy atom. The Kier molecular flexibility index (Phi) is 3.41. The zero-order valence-corrected chi connectivity index (χ0v) is 10.2. The van der Waals surface area contributed by atoms with Crippen LogP contribution < -0.4 is 5.32 Å². The van der Waals surface area contributed by atoms with Crippen molar-refractivity contribution in [3.63, 3.8) is 0 Å². The molecule has 1 heterocycles. The molecule has 2 rings (SSSR count). The minimum atomic E-state index is -0.398. The SMILES string of the molecule is CCc1onc(C)c1C(=O)Nc1cccc(F)c1. The van der Waals surface area contributed by atoms with E-state index in [0.29, 0.717) is 29.1 Å². The Bertz CT molecular complexity index is 578. The molecule has 0 atom stereocenters. The fraction of sp³-hybridized carbons (Fsp3) is 0.231. The molecule has 2 aromatic rings. The van der Waals surface area contributed by atoms with E-state index in [-0.39, 0.29) is 5.91 Å². The first kappa shape index (κ1) is 12.3. The summed E-state index contributed by atoms with van der Waals surface area (Å²) in [6.45, 7) is 3.57. The van der Waals surface area contributed by atoms with Crippen LogP contribution in [0.15, 0.2) is 28.8 Å². The van der Waals surface area contributed by atoms with Crippen LogP contribution in [-0.4, -0.2) is 11.1 Å². The first-order valence-corrected chi connectivity index (χ1v) is 5.64. The molecule has 1 aromatic heterocycles. The van der Waals surface area contributed by atoms with E-state index >= 15 is 0 Å². The first-order valence-electron chi connectivity index (χ1n) is 5.64. The van der Waals surface area contributed by atoms with Crippen molar-refractivity contribution in [2.45, 2.75) is 20.3 Å². The fourth-order valence-corrected chi connectivity index (χ4v) is 1.71. The van der Waals surface area contributed by atoms with Gasteiger partial charge >= 0.3 is 0 Å². The number of nitrogens with one attached hydrogen (secondary N) is 1. The number of carbonyl (C=O) groups excluding carboxylic acids is 1. The average molecular weight is 248 g/mol. The monoisotopic (exact) mass is 248 g/mol. The molecule has 0 aliphatic heterocycles. The van der Waals surface area contributed by atoms with Crippen molar-refractivity contribution < 1.29 is 13.7 Å².